The van der Waals surface area contributed by atoms with Crippen molar-refractivity contribution in [1.29, 1.82) is 0 Å². The van der Waals surface area contributed by atoms with Crippen molar-refractivity contribution < 1.29 is 14.3 Å². The monoisotopic (exact) mass is 241 g/mol. The molecule has 0 aromatic rings. The minimum absolute atomic E-state index is 0.118. The largest absolute Gasteiger partial charge is 0.347 e. The van der Waals surface area contributed by atoms with Crippen molar-refractivity contribution in [2.45, 2.75) is 64.3 Å². The van der Waals surface area contributed by atoms with Gasteiger partial charge in [-0.3, -0.25) is 4.79 Å². The second-order valence-corrected chi connectivity index (χ2v) is 6.44. The highest BCUT2D eigenvalue weighted by Crippen LogP contribution is 2.47. The summed E-state index contributed by atoms with van der Waals surface area (Å²) in [4.78, 5) is 13.8. The van der Waals surface area contributed by atoms with Gasteiger partial charge in [0.05, 0.1) is 13.2 Å². The lowest BCUT2D eigenvalue weighted by atomic mass is 9.76. The van der Waals surface area contributed by atoms with E-state index in [1.54, 1.807) is 6.92 Å². The molecule has 0 unspecified atom stereocenters. The second kappa shape index (κ2) is 3.69. The molecule has 0 aromatic heterocycles. The van der Waals surface area contributed by atoms with Gasteiger partial charge in [-0.2, -0.15) is 0 Å². The summed E-state index contributed by atoms with van der Waals surface area (Å²) < 4.78 is 11.6. The molecule has 4 heteroatoms. The van der Waals surface area contributed by atoms with Crippen LogP contribution in [0.15, 0.2) is 0 Å². The van der Waals surface area contributed by atoms with Gasteiger partial charge in [-0.25, -0.2) is 0 Å². The summed E-state index contributed by atoms with van der Waals surface area (Å²) in [7, 11) is 0. The van der Waals surface area contributed by atoms with Crippen LogP contribution < -0.4 is 0 Å². The Morgan fingerprint density at radius 1 is 1.00 bits per heavy atom. The van der Waals surface area contributed by atoms with Crippen LogP contribution in [0.2, 0.25) is 0 Å². The highest BCUT2D eigenvalue weighted by Gasteiger charge is 2.56. The van der Waals surface area contributed by atoms with Gasteiger partial charge in [0.25, 0.3) is 0 Å². The number of nitrogens with zero attached hydrogens (tertiary/aromatic N) is 1. The molecule has 0 radical (unpaired) electrons. The van der Waals surface area contributed by atoms with Gasteiger partial charge >= 0.3 is 0 Å². The summed E-state index contributed by atoms with van der Waals surface area (Å²) in [5, 5.41) is 0. The van der Waals surface area contributed by atoms with Gasteiger partial charge in [0.15, 0.2) is 5.79 Å². The van der Waals surface area contributed by atoms with E-state index in [2.05, 4.69) is 27.7 Å². The van der Waals surface area contributed by atoms with Gasteiger partial charge in [-0.1, -0.05) is 0 Å². The fourth-order valence-corrected chi connectivity index (χ4v) is 3.91. The molecule has 4 nitrogen and oxygen atoms in total. The first-order valence-corrected chi connectivity index (χ1v) is 6.27. The van der Waals surface area contributed by atoms with Crippen LogP contribution in [-0.2, 0) is 14.3 Å². The maximum atomic E-state index is 11.9. The Morgan fingerprint density at radius 3 is 1.76 bits per heavy atom. The number of amides is 1. The first-order chi connectivity index (χ1) is 7.69. The van der Waals surface area contributed by atoms with Crippen molar-refractivity contribution in [2.24, 2.45) is 0 Å². The third kappa shape index (κ3) is 2.08. The fraction of sp³-hybridized carbons (Fsp3) is 0.923. The van der Waals surface area contributed by atoms with E-state index >= 15 is 0 Å². The molecular weight excluding hydrogens is 218 g/mol. The fourth-order valence-electron chi connectivity index (χ4n) is 3.91. The van der Waals surface area contributed by atoms with Crippen LogP contribution in [0.25, 0.3) is 0 Å². The lowest BCUT2D eigenvalue weighted by molar-refractivity contribution is -0.236. The number of likely N-dealkylation sites (tertiary alicyclic amines) is 1. The van der Waals surface area contributed by atoms with Gasteiger partial charge < -0.3 is 14.4 Å². The predicted molar refractivity (Wildman–Crippen MR) is 64.5 cm³/mol. The van der Waals surface area contributed by atoms with Gasteiger partial charge in [0.1, 0.15) is 0 Å². The normalized spacial score (nSPS) is 29.6. The zero-order chi connectivity index (χ0) is 12.9. The van der Waals surface area contributed by atoms with Gasteiger partial charge in [-0.05, 0) is 27.7 Å². The van der Waals surface area contributed by atoms with Crippen molar-refractivity contribution in [3.63, 3.8) is 0 Å². The standard InChI is InChI=1S/C13H23NO3/c1-10(15)14-11(2,3)8-13(9-12(14,4)5)16-6-7-17-13/h6-9H2,1-5H3. The zero-order valence-electron chi connectivity index (χ0n) is 11.5. The molecule has 2 heterocycles. The van der Waals surface area contributed by atoms with E-state index in [0.29, 0.717) is 13.2 Å². The maximum Gasteiger partial charge on any atom is 0.220 e. The Kier molecular flexibility index (Phi) is 2.79. The molecule has 0 N–H and O–H groups in total. The van der Waals surface area contributed by atoms with E-state index in [0.717, 1.165) is 12.8 Å². The smallest absolute Gasteiger partial charge is 0.220 e. The van der Waals surface area contributed by atoms with Crippen LogP contribution in [0, 0.1) is 0 Å². The summed E-state index contributed by atoms with van der Waals surface area (Å²) >= 11 is 0. The van der Waals surface area contributed by atoms with E-state index < -0.39 is 5.79 Å². The summed E-state index contributed by atoms with van der Waals surface area (Å²) in [6.07, 6.45) is 1.48. The van der Waals surface area contributed by atoms with Crippen molar-refractivity contribution >= 4 is 5.91 Å². The number of rotatable bonds is 0. The SMILES string of the molecule is CC(=O)N1C(C)(C)CC2(CC1(C)C)OCCO2. The average Bonchev–Trinajstić information content (AvgIpc) is 2.45. The van der Waals surface area contributed by atoms with E-state index in [1.165, 1.54) is 0 Å². The molecule has 2 aliphatic heterocycles. The molecule has 1 amide bonds. The quantitative estimate of drug-likeness (QED) is 0.650. The second-order valence-electron chi connectivity index (χ2n) is 6.44. The van der Waals surface area contributed by atoms with Crippen molar-refractivity contribution in [3.05, 3.63) is 0 Å². The van der Waals surface area contributed by atoms with E-state index in [1.807, 2.05) is 4.90 Å². The minimum Gasteiger partial charge on any atom is -0.347 e. The Hall–Kier alpha value is -0.610. The van der Waals surface area contributed by atoms with E-state index in [4.69, 9.17) is 9.47 Å². The van der Waals surface area contributed by atoms with E-state index in [9.17, 15) is 4.79 Å². The van der Waals surface area contributed by atoms with Gasteiger partial charge in [-0.15, -0.1) is 0 Å². The first kappa shape index (κ1) is 12.8. The molecule has 98 valence electrons. The molecule has 0 saturated carbocycles. The molecule has 2 saturated heterocycles. The molecule has 0 aliphatic carbocycles. The molecule has 2 fully saturated rings. The highest BCUT2D eigenvalue weighted by atomic mass is 16.7. The van der Waals surface area contributed by atoms with Crippen LogP contribution in [0.4, 0.5) is 0 Å². The average molecular weight is 241 g/mol. The summed E-state index contributed by atoms with van der Waals surface area (Å²) in [5.74, 6) is -0.369. The summed E-state index contributed by atoms with van der Waals surface area (Å²) in [6.45, 7) is 11.3. The number of ether oxygens (including phenoxy) is 2. The molecule has 1 spiro atoms. The van der Waals surface area contributed by atoms with Gasteiger partial charge in [0.2, 0.25) is 5.91 Å². The summed E-state index contributed by atoms with van der Waals surface area (Å²) in [6, 6.07) is 0. The lowest BCUT2D eigenvalue weighted by Gasteiger charge is -2.57. The number of carbonyl (C=O) groups is 1. The molecule has 0 aromatic carbocycles. The topological polar surface area (TPSA) is 38.8 Å². The van der Waals surface area contributed by atoms with Crippen LogP contribution in [0.5, 0.6) is 0 Å². The molecule has 17 heavy (non-hydrogen) atoms. The van der Waals surface area contributed by atoms with Crippen molar-refractivity contribution in [3.8, 4) is 0 Å². The van der Waals surface area contributed by atoms with Crippen LogP contribution in [-0.4, -0.2) is 40.9 Å². The van der Waals surface area contributed by atoms with Crippen LogP contribution >= 0.6 is 0 Å². The highest BCUT2D eigenvalue weighted by molar-refractivity contribution is 5.75. The Balaban J connectivity index is 2.34. The van der Waals surface area contributed by atoms with Crippen LogP contribution in [0.1, 0.15) is 47.5 Å². The Bertz CT molecular complexity index is 310. The number of hydrogen-bond donors (Lipinski definition) is 0. The Morgan fingerprint density at radius 2 is 1.41 bits per heavy atom. The molecular formula is C13H23NO3. The minimum atomic E-state index is -0.487. The summed E-state index contributed by atoms with van der Waals surface area (Å²) in [5.41, 5.74) is -0.476. The molecule has 0 atom stereocenters. The number of piperidine rings is 1. The zero-order valence-corrected chi connectivity index (χ0v) is 11.5. The third-order valence-electron chi connectivity index (χ3n) is 3.74. The predicted octanol–water partition coefficient (Wildman–Crippen LogP) is 1.93. The number of carbonyl (C=O) groups excluding carboxylic acids is 1. The van der Waals surface area contributed by atoms with Crippen molar-refractivity contribution in [2.75, 3.05) is 13.2 Å². The number of hydrogen-bond acceptors (Lipinski definition) is 3. The third-order valence-corrected chi connectivity index (χ3v) is 3.74. The van der Waals surface area contributed by atoms with Crippen molar-refractivity contribution in [1.82, 2.24) is 4.90 Å². The molecule has 2 aliphatic rings. The Labute approximate surface area is 103 Å². The molecule has 0 bridgehead atoms. The maximum absolute atomic E-state index is 11.9. The first-order valence-electron chi connectivity index (χ1n) is 6.27. The lowest BCUT2D eigenvalue weighted by Crippen LogP contribution is -2.67. The molecule has 2 rings (SSSR count). The van der Waals surface area contributed by atoms with Gasteiger partial charge in [0, 0.05) is 30.8 Å². The van der Waals surface area contributed by atoms with E-state index in [-0.39, 0.29) is 17.0 Å². The van der Waals surface area contributed by atoms with Crippen LogP contribution in [0.3, 0.4) is 0 Å².